The molecule has 0 aliphatic rings. The van der Waals surface area contributed by atoms with Crippen LogP contribution in [-0.4, -0.2) is 17.8 Å². The van der Waals surface area contributed by atoms with Crippen LogP contribution in [-0.2, 0) is 13.0 Å². The third-order valence-electron chi connectivity index (χ3n) is 2.67. The van der Waals surface area contributed by atoms with Crippen LogP contribution in [0, 0.1) is 6.92 Å². The molecule has 2 rings (SSSR count). The molecule has 2 nitrogen and oxygen atoms in total. The van der Waals surface area contributed by atoms with Crippen LogP contribution in [0.1, 0.15) is 16.3 Å². The zero-order valence-electron chi connectivity index (χ0n) is 10.8. The maximum Gasteiger partial charge on any atom is 0.0940 e. The Morgan fingerprint density at radius 3 is 2.67 bits per heavy atom. The molecule has 4 heteroatoms. The predicted octanol–water partition coefficient (Wildman–Crippen LogP) is 3.51. The lowest BCUT2D eigenvalue weighted by atomic mass is 10.2. The van der Waals surface area contributed by atoms with Crippen LogP contribution < -0.4 is 5.32 Å². The number of nitrogens with one attached hydrogen (secondary N) is 1. The van der Waals surface area contributed by atoms with E-state index in [0.717, 1.165) is 25.2 Å². The Bertz CT molecular complexity index is 477. The van der Waals surface area contributed by atoms with Gasteiger partial charge in [0.25, 0.3) is 0 Å². The summed E-state index contributed by atoms with van der Waals surface area (Å²) in [7, 11) is 0. The van der Waals surface area contributed by atoms with Gasteiger partial charge in [-0.1, -0.05) is 12.1 Å². The fourth-order valence-corrected chi connectivity index (χ4v) is 2.87. The van der Waals surface area contributed by atoms with Crippen molar-refractivity contribution in [3.8, 4) is 0 Å². The van der Waals surface area contributed by atoms with Crippen molar-refractivity contribution >= 4 is 23.1 Å². The summed E-state index contributed by atoms with van der Waals surface area (Å²) in [5.74, 6) is 0. The molecule has 0 saturated heterocycles. The highest BCUT2D eigenvalue weighted by Crippen LogP contribution is 2.14. The lowest BCUT2D eigenvalue weighted by molar-refractivity contribution is 0.684. The van der Waals surface area contributed by atoms with Gasteiger partial charge in [-0.15, -0.1) is 23.1 Å². The lowest BCUT2D eigenvalue weighted by Crippen LogP contribution is -2.16. The minimum Gasteiger partial charge on any atom is -0.312 e. The molecule has 1 aromatic heterocycles. The highest BCUT2D eigenvalue weighted by atomic mass is 32.2. The van der Waals surface area contributed by atoms with Gasteiger partial charge in [0.05, 0.1) is 5.01 Å². The number of rotatable bonds is 6. The zero-order valence-corrected chi connectivity index (χ0v) is 12.4. The second kappa shape index (κ2) is 6.92. The van der Waals surface area contributed by atoms with Crippen LogP contribution in [0.15, 0.2) is 34.5 Å². The van der Waals surface area contributed by atoms with E-state index in [0.29, 0.717) is 0 Å². The van der Waals surface area contributed by atoms with E-state index in [1.807, 2.05) is 6.92 Å². The average Bonchev–Trinajstić information content (AvgIpc) is 2.81. The molecule has 1 heterocycles. The summed E-state index contributed by atoms with van der Waals surface area (Å²) in [6, 6.07) is 8.72. The van der Waals surface area contributed by atoms with Crippen molar-refractivity contribution in [2.75, 3.05) is 12.8 Å². The lowest BCUT2D eigenvalue weighted by Gasteiger charge is -2.04. The Labute approximate surface area is 117 Å². The number of nitrogens with zero attached hydrogens (tertiary/aromatic N) is 1. The minimum absolute atomic E-state index is 0.930. The van der Waals surface area contributed by atoms with Crippen LogP contribution >= 0.6 is 23.1 Å². The van der Waals surface area contributed by atoms with Crippen molar-refractivity contribution in [1.82, 2.24) is 10.3 Å². The Balaban J connectivity index is 1.71. The first-order valence-electron chi connectivity index (χ1n) is 6.02. The molecule has 0 aliphatic carbocycles. The maximum absolute atomic E-state index is 4.45. The van der Waals surface area contributed by atoms with Gasteiger partial charge in [0.1, 0.15) is 0 Å². The van der Waals surface area contributed by atoms with Gasteiger partial charge in [0.15, 0.2) is 0 Å². The second-order valence-corrected chi connectivity index (χ2v) is 5.98. The third-order valence-corrected chi connectivity index (χ3v) is 4.44. The monoisotopic (exact) mass is 278 g/mol. The van der Waals surface area contributed by atoms with Crippen molar-refractivity contribution in [2.24, 2.45) is 0 Å². The summed E-state index contributed by atoms with van der Waals surface area (Å²) in [5, 5.41) is 6.78. The SMILES string of the molecule is CSc1ccc(CNCCc2nc(C)cs2)cc1. The molecule has 0 saturated carbocycles. The first-order valence-corrected chi connectivity index (χ1v) is 8.13. The molecule has 2 aromatic rings. The Hall–Kier alpha value is -0.840. The molecule has 0 unspecified atom stereocenters. The van der Waals surface area contributed by atoms with E-state index < -0.39 is 0 Å². The van der Waals surface area contributed by atoms with E-state index in [2.05, 4.69) is 46.2 Å². The Kier molecular flexibility index (Phi) is 5.23. The normalized spacial score (nSPS) is 10.8. The van der Waals surface area contributed by atoms with Crippen molar-refractivity contribution in [1.29, 1.82) is 0 Å². The van der Waals surface area contributed by atoms with Gasteiger partial charge < -0.3 is 5.32 Å². The molecule has 0 atom stereocenters. The van der Waals surface area contributed by atoms with Gasteiger partial charge in [-0.3, -0.25) is 0 Å². The molecular formula is C14H18N2S2. The number of benzene rings is 1. The highest BCUT2D eigenvalue weighted by Gasteiger charge is 1.98. The molecule has 1 aromatic carbocycles. The smallest absolute Gasteiger partial charge is 0.0940 e. The summed E-state index contributed by atoms with van der Waals surface area (Å²) in [6.45, 7) is 3.96. The van der Waals surface area contributed by atoms with Crippen molar-refractivity contribution in [3.63, 3.8) is 0 Å². The van der Waals surface area contributed by atoms with Gasteiger partial charge in [0, 0.05) is 35.5 Å². The summed E-state index contributed by atoms with van der Waals surface area (Å²) in [5.41, 5.74) is 2.46. The second-order valence-electron chi connectivity index (χ2n) is 4.16. The standard InChI is InChI=1S/C14H18N2S2/c1-11-10-18-14(16-11)7-8-15-9-12-3-5-13(17-2)6-4-12/h3-6,10,15H,7-9H2,1-2H3. The number of hydrogen-bond acceptors (Lipinski definition) is 4. The minimum atomic E-state index is 0.930. The van der Waals surface area contributed by atoms with Gasteiger partial charge in [-0.05, 0) is 30.9 Å². The number of aryl methyl sites for hydroxylation is 1. The quantitative estimate of drug-likeness (QED) is 0.646. The third kappa shape index (κ3) is 4.12. The van der Waals surface area contributed by atoms with Gasteiger partial charge in [-0.25, -0.2) is 4.98 Å². The van der Waals surface area contributed by atoms with E-state index in [4.69, 9.17) is 0 Å². The molecule has 0 bridgehead atoms. The van der Waals surface area contributed by atoms with Crippen LogP contribution in [0.2, 0.25) is 0 Å². The van der Waals surface area contributed by atoms with Crippen LogP contribution in [0.5, 0.6) is 0 Å². The van der Waals surface area contributed by atoms with E-state index in [1.54, 1.807) is 23.1 Å². The molecule has 0 spiro atoms. The zero-order chi connectivity index (χ0) is 12.8. The molecule has 0 amide bonds. The number of aromatic nitrogens is 1. The molecular weight excluding hydrogens is 260 g/mol. The molecule has 0 fully saturated rings. The number of thiazole rings is 1. The fraction of sp³-hybridized carbons (Fsp3) is 0.357. The fourth-order valence-electron chi connectivity index (χ4n) is 1.69. The van der Waals surface area contributed by atoms with E-state index in [9.17, 15) is 0 Å². The summed E-state index contributed by atoms with van der Waals surface area (Å²) in [6.07, 6.45) is 3.12. The van der Waals surface area contributed by atoms with Crippen molar-refractivity contribution in [2.45, 2.75) is 24.8 Å². The largest absolute Gasteiger partial charge is 0.312 e. The molecule has 18 heavy (non-hydrogen) atoms. The van der Waals surface area contributed by atoms with Crippen molar-refractivity contribution in [3.05, 3.63) is 45.9 Å². The van der Waals surface area contributed by atoms with Gasteiger partial charge in [0.2, 0.25) is 0 Å². The summed E-state index contributed by atoms with van der Waals surface area (Å²) >= 11 is 3.53. The molecule has 0 radical (unpaired) electrons. The van der Waals surface area contributed by atoms with Crippen LogP contribution in [0.3, 0.4) is 0 Å². The highest BCUT2D eigenvalue weighted by molar-refractivity contribution is 7.98. The van der Waals surface area contributed by atoms with Crippen LogP contribution in [0.25, 0.3) is 0 Å². The molecule has 0 aliphatic heterocycles. The average molecular weight is 278 g/mol. The first-order chi connectivity index (χ1) is 8.78. The van der Waals surface area contributed by atoms with E-state index in [1.165, 1.54) is 15.5 Å². The maximum atomic E-state index is 4.45. The summed E-state index contributed by atoms with van der Waals surface area (Å²) in [4.78, 5) is 5.77. The van der Waals surface area contributed by atoms with Gasteiger partial charge in [-0.2, -0.15) is 0 Å². The topological polar surface area (TPSA) is 24.9 Å². The van der Waals surface area contributed by atoms with E-state index in [-0.39, 0.29) is 0 Å². The molecule has 1 N–H and O–H groups in total. The Morgan fingerprint density at radius 1 is 1.28 bits per heavy atom. The van der Waals surface area contributed by atoms with Crippen molar-refractivity contribution < 1.29 is 0 Å². The number of hydrogen-bond donors (Lipinski definition) is 1. The molecule has 96 valence electrons. The van der Waals surface area contributed by atoms with Crippen LogP contribution in [0.4, 0.5) is 0 Å². The Morgan fingerprint density at radius 2 is 2.06 bits per heavy atom. The van der Waals surface area contributed by atoms with E-state index >= 15 is 0 Å². The van der Waals surface area contributed by atoms with Gasteiger partial charge >= 0.3 is 0 Å². The summed E-state index contributed by atoms with van der Waals surface area (Å²) < 4.78 is 0. The first kappa shape index (κ1) is 13.6. The predicted molar refractivity (Wildman–Crippen MR) is 80.5 cm³/mol. The number of thioether (sulfide) groups is 1.